The summed E-state index contributed by atoms with van der Waals surface area (Å²) in [6.45, 7) is -0.381. The fourth-order valence-electron chi connectivity index (χ4n) is 8.26. The van der Waals surface area contributed by atoms with E-state index in [1.807, 2.05) is 0 Å². The van der Waals surface area contributed by atoms with Crippen LogP contribution in [0.4, 0.5) is 18.9 Å². The maximum absolute atomic E-state index is 15.0. The standard InChI is InChI=1S/C53H52F3N7O14/c1-32(64)72-45-44(71-30-34-17-9-5-10-18-34)47(74-48(65)39-22-14-13-19-36(39)27-59-62-57)51(76-46(45)49(66)68-3)75-42-40(31-69-28-35-23-25-38(67-2)26-24-35)73-50(77-52(53(54,55)56)60-37-20-11-6-12-21-37)41(61-63-58)43(42)70-29-33-15-7-4-8-16-33/h4-26,40-47,50-51H,27-31H2,1-3H3/t40-,41-,42-,43-,44+,45+,46+,47-,50+,51-/m1/s1. The minimum atomic E-state index is -5.24. The maximum Gasteiger partial charge on any atom is 0.468 e. The van der Waals surface area contributed by atoms with Crippen LogP contribution in [-0.4, -0.2) is 112 Å². The van der Waals surface area contributed by atoms with Crippen LogP contribution in [0.3, 0.4) is 0 Å². The summed E-state index contributed by atoms with van der Waals surface area (Å²) in [6, 6.07) is 35.3. The summed E-state index contributed by atoms with van der Waals surface area (Å²) >= 11 is 0. The van der Waals surface area contributed by atoms with E-state index in [-0.39, 0.29) is 43.2 Å². The number of esters is 3. The van der Waals surface area contributed by atoms with Crippen LogP contribution in [0, 0.1) is 0 Å². The number of carbonyl (C=O) groups excluding carboxylic acids is 3. The van der Waals surface area contributed by atoms with Gasteiger partial charge in [-0.1, -0.05) is 119 Å². The number of aliphatic imine (C=N–C) groups is 1. The van der Waals surface area contributed by atoms with Gasteiger partial charge in [-0.3, -0.25) is 4.79 Å². The van der Waals surface area contributed by atoms with Crippen molar-refractivity contribution in [1.29, 1.82) is 0 Å². The highest BCUT2D eigenvalue weighted by Gasteiger charge is 2.58. The van der Waals surface area contributed by atoms with E-state index in [4.69, 9.17) is 57.6 Å². The van der Waals surface area contributed by atoms with Gasteiger partial charge in [-0.2, -0.15) is 13.2 Å². The molecule has 0 saturated carbocycles. The average molecular weight is 1070 g/mol. The van der Waals surface area contributed by atoms with Gasteiger partial charge in [0.2, 0.25) is 6.29 Å². The van der Waals surface area contributed by atoms with Gasteiger partial charge in [0.1, 0.15) is 36.2 Å². The van der Waals surface area contributed by atoms with Crippen LogP contribution in [0.25, 0.3) is 20.9 Å². The van der Waals surface area contributed by atoms with Crippen molar-refractivity contribution in [3.05, 3.63) is 188 Å². The summed E-state index contributed by atoms with van der Waals surface area (Å²) in [5.74, 6) is -4.29. The van der Waals surface area contributed by atoms with Gasteiger partial charge in [-0.05, 0) is 63.6 Å². The molecule has 2 fully saturated rings. The molecular weight excluding hydrogens is 1020 g/mol. The summed E-state index contributed by atoms with van der Waals surface area (Å²) in [4.78, 5) is 50.9. The number of alkyl halides is 3. The first kappa shape index (κ1) is 56.7. The molecule has 0 spiro atoms. The predicted octanol–water partition coefficient (Wildman–Crippen LogP) is 9.35. The molecule has 404 valence electrons. The number of halogens is 3. The van der Waals surface area contributed by atoms with E-state index in [0.29, 0.717) is 22.4 Å². The highest BCUT2D eigenvalue weighted by Crippen LogP contribution is 2.38. The van der Waals surface area contributed by atoms with Gasteiger partial charge in [0.25, 0.3) is 5.90 Å². The van der Waals surface area contributed by atoms with E-state index in [1.165, 1.54) is 49.6 Å². The number of rotatable bonds is 22. The third-order valence-electron chi connectivity index (χ3n) is 11.8. The van der Waals surface area contributed by atoms with Gasteiger partial charge >= 0.3 is 24.1 Å². The van der Waals surface area contributed by atoms with Crippen molar-refractivity contribution < 1.29 is 79.7 Å². The van der Waals surface area contributed by atoms with Crippen molar-refractivity contribution in [3.8, 4) is 5.75 Å². The maximum atomic E-state index is 15.0. The van der Waals surface area contributed by atoms with E-state index in [9.17, 15) is 19.9 Å². The summed E-state index contributed by atoms with van der Waals surface area (Å²) < 4.78 is 112. The van der Waals surface area contributed by atoms with Crippen LogP contribution in [-0.2, 0) is 83.3 Å². The zero-order valence-electron chi connectivity index (χ0n) is 41.6. The molecule has 5 aromatic carbocycles. The molecule has 0 radical (unpaired) electrons. The quantitative estimate of drug-likeness (QED) is 0.0119. The van der Waals surface area contributed by atoms with Crippen LogP contribution in [0.5, 0.6) is 5.75 Å². The molecule has 5 aromatic rings. The first-order chi connectivity index (χ1) is 37.3. The van der Waals surface area contributed by atoms with Crippen molar-refractivity contribution in [2.24, 2.45) is 15.2 Å². The second kappa shape index (κ2) is 27.7. The van der Waals surface area contributed by atoms with Crippen molar-refractivity contribution in [1.82, 2.24) is 0 Å². The summed E-state index contributed by atoms with van der Waals surface area (Å²) in [7, 11) is 2.53. The van der Waals surface area contributed by atoms with Crippen LogP contribution in [0.15, 0.2) is 155 Å². The molecular formula is C53H52F3N7O14. The van der Waals surface area contributed by atoms with Crippen LogP contribution in [0.1, 0.15) is 39.5 Å². The van der Waals surface area contributed by atoms with Gasteiger partial charge in [0.15, 0.2) is 24.6 Å². The molecule has 2 aliphatic rings. The zero-order valence-corrected chi connectivity index (χ0v) is 41.6. The number of hydrogen-bond donors (Lipinski definition) is 0. The number of nitrogens with zero attached hydrogens (tertiary/aromatic N) is 7. The van der Waals surface area contributed by atoms with Gasteiger partial charge in [-0.25, -0.2) is 14.6 Å². The lowest BCUT2D eigenvalue weighted by molar-refractivity contribution is -0.346. The third-order valence-corrected chi connectivity index (χ3v) is 11.8. The predicted molar refractivity (Wildman–Crippen MR) is 265 cm³/mol. The van der Waals surface area contributed by atoms with Crippen molar-refractivity contribution in [2.75, 3.05) is 20.8 Å². The van der Waals surface area contributed by atoms with E-state index >= 15 is 13.2 Å². The number of benzene rings is 5. The molecule has 0 aromatic heterocycles. The smallest absolute Gasteiger partial charge is 0.468 e. The molecule has 0 amide bonds. The second-order valence-electron chi connectivity index (χ2n) is 17.0. The first-order valence-corrected chi connectivity index (χ1v) is 23.7. The van der Waals surface area contributed by atoms with Gasteiger partial charge in [0, 0.05) is 16.7 Å². The molecule has 77 heavy (non-hydrogen) atoms. The minimum absolute atomic E-state index is 0.0875. The Hall–Kier alpha value is -8.05. The van der Waals surface area contributed by atoms with Gasteiger partial charge < -0.3 is 52.1 Å². The number of carbonyl (C=O) groups is 3. The SMILES string of the molecule is COC(=O)[C@H]1O[C@@H](O[C@H]2[C@H](OCc3ccccc3)[C@@H](N=[N+]=[N-])[C@H](OC(=Nc3ccccc3)C(F)(F)F)O[C@@H]2COCc2ccc(OC)cc2)[C@H](OC(=O)c2ccccc2CN=[N+]=[N-])[C@@H](OCc2ccccc2)[C@@H]1OC(C)=O. The fraction of sp³-hybridized carbons (Fsp3) is 0.358. The molecule has 0 unspecified atom stereocenters. The Kier molecular flexibility index (Phi) is 20.4. The Bertz CT molecular complexity index is 2860. The largest absolute Gasteiger partial charge is 0.497 e. The van der Waals surface area contributed by atoms with Crippen molar-refractivity contribution in [2.45, 2.75) is 101 Å². The van der Waals surface area contributed by atoms with Crippen LogP contribution in [0.2, 0.25) is 0 Å². The van der Waals surface area contributed by atoms with Crippen molar-refractivity contribution in [3.63, 3.8) is 0 Å². The van der Waals surface area contributed by atoms with Gasteiger partial charge in [0.05, 0.1) is 58.4 Å². The Labute approximate surface area is 438 Å². The molecule has 2 heterocycles. The summed E-state index contributed by atoms with van der Waals surface area (Å²) in [5.41, 5.74) is 21.1. The molecule has 21 nitrogen and oxygen atoms in total. The van der Waals surface area contributed by atoms with E-state index < -0.39 is 97.9 Å². The lowest BCUT2D eigenvalue weighted by Gasteiger charge is -2.48. The Balaban J connectivity index is 1.38. The highest BCUT2D eigenvalue weighted by molar-refractivity contribution is 5.91. The number of ether oxygens (including phenoxy) is 11. The number of methoxy groups -OCH3 is 2. The zero-order chi connectivity index (χ0) is 54.7. The molecule has 0 aliphatic carbocycles. The second-order valence-corrected chi connectivity index (χ2v) is 17.0. The normalized spacial score (nSPS) is 23.3. The number of para-hydroxylation sites is 1. The summed E-state index contributed by atoms with van der Waals surface area (Å²) in [5, 5.41) is 7.48. The first-order valence-electron chi connectivity index (χ1n) is 23.7. The van der Waals surface area contributed by atoms with E-state index in [0.717, 1.165) is 14.0 Å². The molecule has 2 saturated heterocycles. The van der Waals surface area contributed by atoms with Gasteiger partial charge in [-0.15, -0.1) is 0 Å². The molecule has 0 bridgehead atoms. The van der Waals surface area contributed by atoms with E-state index in [2.05, 4.69) is 25.0 Å². The highest BCUT2D eigenvalue weighted by atomic mass is 19.4. The molecule has 7 rings (SSSR count). The number of azide groups is 2. The Morgan fingerprint density at radius 2 is 1.26 bits per heavy atom. The van der Waals surface area contributed by atoms with Crippen LogP contribution >= 0.6 is 0 Å². The Morgan fingerprint density at radius 3 is 1.86 bits per heavy atom. The molecule has 10 atom stereocenters. The third kappa shape index (κ3) is 15.5. The topological polar surface area (TPSA) is 263 Å². The lowest BCUT2D eigenvalue weighted by Crippen LogP contribution is -2.67. The monoisotopic (exact) mass is 1070 g/mol. The number of hydrogen-bond acceptors (Lipinski definition) is 17. The van der Waals surface area contributed by atoms with Crippen molar-refractivity contribution >= 4 is 29.5 Å². The minimum Gasteiger partial charge on any atom is -0.497 e. The average Bonchev–Trinajstić information content (AvgIpc) is 3.45. The van der Waals surface area contributed by atoms with Crippen LogP contribution < -0.4 is 4.74 Å². The van der Waals surface area contributed by atoms with E-state index in [1.54, 1.807) is 97.1 Å². The fourth-order valence-corrected chi connectivity index (χ4v) is 8.26. The lowest BCUT2D eigenvalue weighted by atomic mass is 9.95. The molecule has 24 heteroatoms. The Morgan fingerprint density at radius 1 is 0.649 bits per heavy atom. The summed E-state index contributed by atoms with van der Waals surface area (Å²) in [6.07, 6.45) is -21.4. The molecule has 0 N–H and O–H groups in total. The molecule has 2 aliphatic heterocycles.